The maximum absolute atomic E-state index is 11.8. The summed E-state index contributed by atoms with van der Waals surface area (Å²) in [6, 6.07) is 6.43. The Morgan fingerprint density at radius 2 is 1.78 bits per heavy atom. The third-order valence-corrected chi connectivity index (χ3v) is 5.00. The van der Waals surface area contributed by atoms with Gasteiger partial charge in [-0.2, -0.15) is 0 Å². The Bertz CT molecular complexity index is 533. The standard InChI is InChI=1S/C12H18N2O3S/c1-12(2,18(3,16)17)8-14-11(15)9-4-6-10(13)7-5-9/h4-7H,8,13H2,1-3H3,(H,14,15). The summed E-state index contributed by atoms with van der Waals surface area (Å²) in [4.78, 5) is 11.8. The van der Waals surface area contributed by atoms with Crippen molar-refractivity contribution in [2.45, 2.75) is 18.6 Å². The van der Waals surface area contributed by atoms with E-state index in [9.17, 15) is 13.2 Å². The molecule has 0 aromatic heterocycles. The van der Waals surface area contributed by atoms with Crippen LogP contribution in [0, 0.1) is 0 Å². The van der Waals surface area contributed by atoms with Crippen molar-refractivity contribution in [3.8, 4) is 0 Å². The van der Waals surface area contributed by atoms with E-state index in [1.165, 1.54) is 0 Å². The van der Waals surface area contributed by atoms with E-state index >= 15 is 0 Å². The van der Waals surface area contributed by atoms with Crippen LogP contribution in [-0.2, 0) is 9.84 Å². The maximum Gasteiger partial charge on any atom is 0.251 e. The van der Waals surface area contributed by atoms with Crippen LogP contribution in [0.1, 0.15) is 24.2 Å². The smallest absolute Gasteiger partial charge is 0.251 e. The third-order valence-electron chi connectivity index (χ3n) is 2.85. The molecule has 5 nitrogen and oxygen atoms in total. The Morgan fingerprint density at radius 3 is 2.22 bits per heavy atom. The van der Waals surface area contributed by atoms with E-state index in [-0.39, 0.29) is 12.5 Å². The molecule has 1 rings (SSSR count). The molecule has 1 amide bonds. The van der Waals surface area contributed by atoms with Gasteiger partial charge in [0.1, 0.15) is 0 Å². The van der Waals surface area contributed by atoms with Crippen LogP contribution in [0.3, 0.4) is 0 Å². The lowest BCUT2D eigenvalue weighted by Gasteiger charge is -2.22. The lowest BCUT2D eigenvalue weighted by Crippen LogP contribution is -2.43. The fourth-order valence-corrected chi connectivity index (χ4v) is 1.50. The summed E-state index contributed by atoms with van der Waals surface area (Å²) in [6.07, 6.45) is 1.16. The lowest BCUT2D eigenvalue weighted by molar-refractivity contribution is 0.0950. The summed E-state index contributed by atoms with van der Waals surface area (Å²) in [5.41, 5.74) is 6.54. The fraction of sp³-hybridized carbons (Fsp3) is 0.417. The Hall–Kier alpha value is -1.56. The van der Waals surface area contributed by atoms with Gasteiger partial charge in [0.15, 0.2) is 9.84 Å². The van der Waals surface area contributed by atoms with Crippen LogP contribution < -0.4 is 11.1 Å². The minimum atomic E-state index is -3.22. The zero-order valence-corrected chi connectivity index (χ0v) is 11.5. The van der Waals surface area contributed by atoms with Gasteiger partial charge in [-0.15, -0.1) is 0 Å². The van der Waals surface area contributed by atoms with Crippen molar-refractivity contribution in [1.29, 1.82) is 0 Å². The van der Waals surface area contributed by atoms with Crippen LogP contribution in [0.4, 0.5) is 5.69 Å². The average Bonchev–Trinajstić information content (AvgIpc) is 2.25. The summed E-state index contributed by atoms with van der Waals surface area (Å²) >= 11 is 0. The molecular formula is C12H18N2O3S. The molecule has 0 saturated carbocycles. The number of amides is 1. The number of anilines is 1. The number of sulfone groups is 1. The normalized spacial score (nSPS) is 12.2. The summed E-state index contributed by atoms with van der Waals surface area (Å²) in [6.45, 7) is 3.21. The van der Waals surface area contributed by atoms with E-state index in [2.05, 4.69) is 5.32 Å². The van der Waals surface area contributed by atoms with E-state index < -0.39 is 14.6 Å². The molecule has 3 N–H and O–H groups in total. The Morgan fingerprint density at radius 1 is 1.28 bits per heavy atom. The lowest BCUT2D eigenvalue weighted by atomic mass is 10.1. The van der Waals surface area contributed by atoms with E-state index in [4.69, 9.17) is 5.73 Å². The molecule has 0 atom stereocenters. The molecule has 0 aliphatic rings. The number of nitrogens with one attached hydrogen (secondary N) is 1. The van der Waals surface area contributed by atoms with E-state index in [0.717, 1.165) is 6.26 Å². The molecule has 0 heterocycles. The molecule has 0 spiro atoms. The zero-order chi connectivity index (χ0) is 14.0. The Labute approximate surface area is 107 Å². The van der Waals surface area contributed by atoms with Gasteiger partial charge in [-0.1, -0.05) is 0 Å². The largest absolute Gasteiger partial charge is 0.399 e. The van der Waals surface area contributed by atoms with Gasteiger partial charge in [0.05, 0.1) is 4.75 Å². The van der Waals surface area contributed by atoms with Gasteiger partial charge < -0.3 is 11.1 Å². The number of carbonyl (C=O) groups is 1. The van der Waals surface area contributed by atoms with Crippen LogP contribution in [0.15, 0.2) is 24.3 Å². The second kappa shape index (κ2) is 4.97. The van der Waals surface area contributed by atoms with Gasteiger partial charge in [-0.3, -0.25) is 4.79 Å². The predicted octanol–water partition coefficient (Wildman–Crippen LogP) is 0.822. The SMILES string of the molecule is CC(C)(CNC(=O)c1ccc(N)cc1)S(C)(=O)=O. The van der Waals surface area contributed by atoms with Crippen molar-refractivity contribution < 1.29 is 13.2 Å². The molecule has 0 saturated heterocycles. The van der Waals surface area contributed by atoms with Crippen molar-refractivity contribution in [2.24, 2.45) is 0 Å². The quantitative estimate of drug-likeness (QED) is 0.793. The van der Waals surface area contributed by atoms with Crippen LogP contribution in [0.2, 0.25) is 0 Å². The zero-order valence-electron chi connectivity index (χ0n) is 10.7. The van der Waals surface area contributed by atoms with Crippen molar-refractivity contribution in [3.05, 3.63) is 29.8 Å². The van der Waals surface area contributed by atoms with E-state index in [0.29, 0.717) is 11.3 Å². The molecule has 0 aliphatic carbocycles. The number of rotatable bonds is 4. The van der Waals surface area contributed by atoms with Crippen molar-refractivity contribution in [2.75, 3.05) is 18.5 Å². The first kappa shape index (κ1) is 14.5. The topological polar surface area (TPSA) is 89.3 Å². The number of hydrogen-bond donors (Lipinski definition) is 2. The highest BCUT2D eigenvalue weighted by molar-refractivity contribution is 7.92. The van der Waals surface area contributed by atoms with Gasteiger partial charge in [-0.25, -0.2) is 8.42 Å². The summed E-state index contributed by atoms with van der Waals surface area (Å²) in [7, 11) is -3.22. The highest BCUT2D eigenvalue weighted by Gasteiger charge is 2.30. The first-order chi connectivity index (χ1) is 8.13. The summed E-state index contributed by atoms with van der Waals surface area (Å²) in [5, 5.41) is 2.61. The third kappa shape index (κ3) is 3.46. The van der Waals surface area contributed by atoms with Crippen LogP contribution in [0.5, 0.6) is 0 Å². The molecule has 1 aromatic carbocycles. The van der Waals surface area contributed by atoms with Crippen molar-refractivity contribution >= 4 is 21.4 Å². The highest BCUT2D eigenvalue weighted by Crippen LogP contribution is 2.14. The molecule has 0 radical (unpaired) electrons. The average molecular weight is 270 g/mol. The van der Waals surface area contributed by atoms with Gasteiger partial charge in [0.25, 0.3) is 5.91 Å². The van der Waals surface area contributed by atoms with Gasteiger partial charge in [0, 0.05) is 24.1 Å². The highest BCUT2D eigenvalue weighted by atomic mass is 32.2. The van der Waals surface area contributed by atoms with E-state index in [1.54, 1.807) is 38.1 Å². The monoisotopic (exact) mass is 270 g/mol. The predicted molar refractivity (Wildman–Crippen MR) is 72.1 cm³/mol. The number of nitrogen functional groups attached to an aromatic ring is 1. The van der Waals surface area contributed by atoms with Crippen LogP contribution in [-0.4, -0.2) is 31.9 Å². The van der Waals surface area contributed by atoms with Crippen LogP contribution >= 0.6 is 0 Å². The Balaban J connectivity index is 2.70. The molecule has 100 valence electrons. The molecule has 0 unspecified atom stereocenters. The number of nitrogens with two attached hydrogens (primary N) is 1. The van der Waals surface area contributed by atoms with Crippen molar-refractivity contribution in [1.82, 2.24) is 5.32 Å². The molecule has 18 heavy (non-hydrogen) atoms. The summed E-state index contributed by atoms with van der Waals surface area (Å²) < 4.78 is 22.0. The second-order valence-corrected chi connectivity index (χ2v) is 7.49. The number of carbonyl (C=O) groups excluding carboxylic acids is 1. The maximum atomic E-state index is 11.8. The van der Waals surface area contributed by atoms with Crippen LogP contribution in [0.25, 0.3) is 0 Å². The minimum Gasteiger partial charge on any atom is -0.399 e. The number of hydrogen-bond acceptors (Lipinski definition) is 4. The minimum absolute atomic E-state index is 0.0645. The van der Waals surface area contributed by atoms with E-state index in [1.807, 2.05) is 0 Å². The molecular weight excluding hydrogens is 252 g/mol. The number of benzene rings is 1. The molecule has 0 aliphatic heterocycles. The first-order valence-corrected chi connectivity index (χ1v) is 7.36. The first-order valence-electron chi connectivity index (χ1n) is 5.47. The molecule has 0 bridgehead atoms. The van der Waals surface area contributed by atoms with Gasteiger partial charge in [0.2, 0.25) is 0 Å². The van der Waals surface area contributed by atoms with Gasteiger partial charge in [-0.05, 0) is 38.1 Å². The second-order valence-electron chi connectivity index (χ2n) is 4.84. The van der Waals surface area contributed by atoms with Crippen molar-refractivity contribution in [3.63, 3.8) is 0 Å². The molecule has 0 fully saturated rings. The molecule has 1 aromatic rings. The van der Waals surface area contributed by atoms with Gasteiger partial charge >= 0.3 is 0 Å². The molecule has 6 heteroatoms. The fourth-order valence-electron chi connectivity index (χ4n) is 1.16. The Kier molecular flexibility index (Phi) is 4.01. The summed E-state index contributed by atoms with van der Waals surface area (Å²) in [5.74, 6) is -0.313.